The minimum atomic E-state index is -0.387. The smallest absolute Gasteiger partial charge is 0.162 e. The van der Waals surface area contributed by atoms with Crippen LogP contribution >= 0.6 is 80.4 Å². The maximum absolute atomic E-state index is 12.3. The molecule has 13 nitrogen and oxygen atoms in total. The van der Waals surface area contributed by atoms with Gasteiger partial charge in [-0.25, -0.2) is 0 Å². The third-order valence-electron chi connectivity index (χ3n) is 25.1. The number of benzene rings is 5. The molecule has 5 aromatic carbocycles. The van der Waals surface area contributed by atoms with E-state index in [4.69, 9.17) is 60.6 Å². The van der Waals surface area contributed by atoms with Gasteiger partial charge < -0.3 is 67.9 Å². The van der Waals surface area contributed by atoms with E-state index in [0.717, 1.165) is 207 Å². The molecule has 5 fully saturated rings. The Morgan fingerprint density at radius 2 is 0.741 bits per heavy atom. The fraction of sp³-hybridized carbons (Fsp3) is 0.527. The number of rotatable bonds is 49. The Bertz CT molecular complexity index is 4420. The molecular weight excluding hydrogens is 2200 g/mol. The van der Waals surface area contributed by atoms with Crippen molar-refractivity contribution < 1.29 is 203 Å². The van der Waals surface area contributed by atoms with E-state index >= 15 is 0 Å². The summed E-state index contributed by atoms with van der Waals surface area (Å²) in [4.78, 5) is 39.7. The number of halogens is 4. The topological polar surface area (TPSA) is 139 Å². The Kier molecular flexibility index (Phi) is 69.5. The molecule has 0 amide bonds. The van der Waals surface area contributed by atoms with E-state index in [1.165, 1.54) is 76.5 Å². The molecule has 5 radical (unpaired) electrons. The maximum atomic E-state index is 12.3. The molecule has 0 saturated carbocycles. The largest absolute Gasteiger partial charge is 0.388 e. The molecule has 135 heavy (non-hydrogen) atoms. The molecule has 3 N–H and O–H groups in total. The zero-order valence-electron chi connectivity index (χ0n) is 81.1. The Labute approximate surface area is 970 Å². The molecular formula is C110H148Cl4N5O8S3Y5-5. The Hall–Kier alpha value is -0.801. The minimum absolute atomic E-state index is 0. The summed E-state index contributed by atoms with van der Waals surface area (Å²) in [6.45, 7) is 27.0. The Morgan fingerprint density at radius 3 is 1.10 bits per heavy atom. The predicted molar refractivity (Wildman–Crippen MR) is 554 cm³/mol. The molecule has 727 valence electrons. The normalized spacial score (nSPS) is 19.6. The van der Waals surface area contributed by atoms with Gasteiger partial charge in [-0.05, 0) is 166 Å². The van der Waals surface area contributed by atoms with Crippen molar-refractivity contribution in [2.45, 2.75) is 317 Å². The van der Waals surface area contributed by atoms with Gasteiger partial charge in [0.15, 0.2) is 11.6 Å². The van der Waals surface area contributed by atoms with Crippen LogP contribution in [0, 0.1) is 30.0 Å². The van der Waals surface area contributed by atoms with Gasteiger partial charge in [0.2, 0.25) is 0 Å². The van der Waals surface area contributed by atoms with Gasteiger partial charge in [-0.2, -0.15) is 49.2 Å². The van der Waals surface area contributed by atoms with Gasteiger partial charge in [0.1, 0.15) is 0 Å². The number of aliphatic hydroxyl groups excluding tert-OH is 3. The summed E-state index contributed by atoms with van der Waals surface area (Å²) in [5.41, 5.74) is 10.8. The molecule has 5 saturated heterocycles. The van der Waals surface area contributed by atoms with Crippen LogP contribution in [0.5, 0.6) is 0 Å². The number of carbonyl (C=O) groups is 2. The van der Waals surface area contributed by atoms with Crippen molar-refractivity contribution in [2.75, 3.05) is 77.0 Å². The third kappa shape index (κ3) is 44.4. The first kappa shape index (κ1) is 126. The van der Waals surface area contributed by atoms with Crippen LogP contribution in [0.1, 0.15) is 293 Å². The molecule has 8 aromatic rings. The second-order valence-corrected chi connectivity index (χ2v) is 40.0. The number of anilines is 5. The molecule has 3 aromatic heterocycles. The first-order chi connectivity index (χ1) is 63.5. The molecule has 3 unspecified atom stereocenters. The first-order valence-corrected chi connectivity index (χ1v) is 52.8. The summed E-state index contributed by atoms with van der Waals surface area (Å²) < 4.78 is 17.8. The molecule has 0 bridgehead atoms. The second kappa shape index (κ2) is 74.1. The molecule has 8 heterocycles. The number of thiophene rings is 3. The van der Waals surface area contributed by atoms with E-state index in [0.29, 0.717) is 64.3 Å². The number of ketones is 2. The van der Waals surface area contributed by atoms with Crippen LogP contribution in [0.3, 0.4) is 0 Å². The monoisotopic (exact) mass is 2350 g/mol. The number of alkyl halides is 4. The average Bonchev–Trinajstić information content (AvgIpc) is 1.70. The maximum Gasteiger partial charge on any atom is 0.162 e. The fourth-order valence-electron chi connectivity index (χ4n) is 17.3. The minimum Gasteiger partial charge on any atom is -0.388 e. The van der Waals surface area contributed by atoms with Gasteiger partial charge in [-0.3, -0.25) is 43.6 Å². The first-order valence-electron chi connectivity index (χ1n) is 48.6. The van der Waals surface area contributed by atoms with Gasteiger partial charge >= 0.3 is 0 Å². The van der Waals surface area contributed by atoms with Crippen molar-refractivity contribution in [2.24, 2.45) is 0 Å². The van der Waals surface area contributed by atoms with Crippen LogP contribution in [0.4, 0.5) is 28.4 Å². The van der Waals surface area contributed by atoms with Crippen LogP contribution in [-0.2, 0) is 202 Å². The van der Waals surface area contributed by atoms with E-state index in [-0.39, 0.29) is 233 Å². The molecule has 5 aliphatic rings. The third-order valence-corrected chi connectivity index (χ3v) is 29.4. The van der Waals surface area contributed by atoms with E-state index in [9.17, 15) is 24.9 Å². The summed E-state index contributed by atoms with van der Waals surface area (Å²) in [7, 11) is 0. The van der Waals surface area contributed by atoms with E-state index in [1.807, 2.05) is 91.0 Å². The van der Waals surface area contributed by atoms with Crippen molar-refractivity contribution in [3.63, 3.8) is 0 Å². The zero-order valence-corrected chi connectivity index (χ0v) is 101. The van der Waals surface area contributed by atoms with Crippen LogP contribution in [-0.4, -0.2) is 131 Å². The molecule has 12 atom stereocenters. The fourth-order valence-corrected chi connectivity index (χ4v) is 20.2. The van der Waals surface area contributed by atoms with Gasteiger partial charge in [0, 0.05) is 269 Å². The number of allylic oxidation sites excluding steroid dienone is 3. The number of unbranched alkanes of at least 4 members (excludes halogenated alkanes) is 12. The number of nitrogens with zero attached hydrogens (tertiary/aromatic N) is 5. The van der Waals surface area contributed by atoms with Gasteiger partial charge in [-0.15, -0.1) is 77.2 Å². The number of hydrogen-bond donors (Lipinski definition) is 3. The predicted octanol–water partition coefficient (Wildman–Crippen LogP) is 28.5. The van der Waals surface area contributed by atoms with Gasteiger partial charge in [-0.1, -0.05) is 216 Å². The molecule has 5 aliphatic heterocycles. The van der Waals surface area contributed by atoms with Crippen molar-refractivity contribution in [1.82, 2.24) is 0 Å². The van der Waals surface area contributed by atoms with Gasteiger partial charge in [0.05, 0.1) is 83.8 Å². The Balaban J connectivity index is 0.000000350. The van der Waals surface area contributed by atoms with Crippen LogP contribution in [0.15, 0.2) is 188 Å². The zero-order chi connectivity index (χ0) is 92.5. The van der Waals surface area contributed by atoms with E-state index in [2.05, 4.69) is 192 Å². The standard InChI is InChI=1S/C22H29ClNO2S.C22H27ClNO2S.C22H27ClNOS.C22H33ClNO.C22H32NO2.5Y/c2*1-2-3-4-7-22(25)17-8-10-18(11-9-17)24-13-12-20(23)21(24)16-26-15-19-6-5-14-27-19;1-2-3-4-5-7-18-9-11-19(12-10-18)24-14-13-21(23)22(24)17-25-16-20-8-6-15-26-20;1-3-5-7-9-10-21-20(23)16-17-24(21)19-14-12-18(13-15-19)22(25)11-8-6-4-2;1-3-5-7-9-10-20-22(25)16-17-23(20)19-14-12-18(13-15-19)21(24)11-8-6-4-2;;;;;/h5-6,8-11,20-22,25H,2-4,7,12-13,15-16H2,1H3;5-6,8-11,20-21H,2-4,7,12-13,15-16H2,1H3;5-12,21-22H,2-4,13-14,16-17H2,1H3;7,9,12-15,20-22,25H,1,3-6,8,10-11,16-17H2,2H3;7,9,12-15,20-21,24H,1,3-6,8,10-11,16-17H2,2H3;;;;;/q5*-1;;;;;/b;;7-5+;2*9-7-;;;;;/t20-,21+,22?;20-,21+;21-,22+;20-,21+,22?;20-,21?;;;;;/m11110...../s1. The molecule has 13 rings (SSSR count). The summed E-state index contributed by atoms with van der Waals surface area (Å²) in [6, 6.07) is 54.4. The summed E-state index contributed by atoms with van der Waals surface area (Å²) in [5, 5.41) is 40.7. The number of Topliss-reactive ketones (excluding diaryl/α,β-unsaturated/α-hetero) is 2. The van der Waals surface area contributed by atoms with E-state index in [1.54, 1.807) is 34.0 Å². The van der Waals surface area contributed by atoms with Crippen LogP contribution < -0.4 is 24.5 Å². The number of ether oxygens (including phenoxy) is 3. The average molecular weight is 2350 g/mol. The van der Waals surface area contributed by atoms with Crippen LogP contribution in [0.2, 0.25) is 0 Å². The molecule has 25 heteroatoms. The summed E-state index contributed by atoms with van der Waals surface area (Å²) in [6.07, 6.45) is 42.4. The van der Waals surface area contributed by atoms with Crippen molar-refractivity contribution in [3.05, 3.63) is 261 Å². The van der Waals surface area contributed by atoms with Crippen molar-refractivity contribution in [1.29, 1.82) is 0 Å². The van der Waals surface area contributed by atoms with Crippen molar-refractivity contribution >= 4 is 126 Å². The molecule has 0 aliphatic carbocycles. The molecule has 0 spiro atoms. The number of carbonyl (C=O) groups excluding carboxylic acids is 2. The quantitative estimate of drug-likeness (QED) is 0.0110. The van der Waals surface area contributed by atoms with Crippen molar-refractivity contribution in [3.8, 4) is 0 Å². The number of hydrogen-bond acceptors (Lipinski definition) is 16. The SMILES string of the molecule is CCCC/C=C/c1ccc(N2CC[C@@H](Cl)[C@@H]2COCc2cc[c-]s2)cc1.CCCCCC(=O)c1ccc(N2CC[C@@H](Cl)[C@@H]2COCc2cc[c-]s2)cc1.CCCCCC(O)c1ccc(N2CC[C@@H](Cl)[C@@H]2COCc2cc[c-]s2)cc1.[CH2-]CC/C=C\C[C@H]1C(=O)CCN1c1ccc(C(O)CCCCC)cc1.[CH2-]CC/C=C\C[C@H]1[C@H](Cl)CCN1c1ccc(C(O)CCCCC)cc1.[Y].[Y].[Y].[Y].[Y]. The van der Waals surface area contributed by atoms with Gasteiger partial charge in [0.25, 0.3) is 0 Å². The number of aliphatic hydroxyl groups is 3. The Morgan fingerprint density at radius 1 is 0.407 bits per heavy atom. The van der Waals surface area contributed by atoms with E-state index < -0.39 is 0 Å². The second-order valence-electron chi connectivity index (χ2n) is 34.9. The summed E-state index contributed by atoms with van der Waals surface area (Å²) in [5.74, 6) is 0.558. The van der Waals surface area contributed by atoms with Crippen LogP contribution in [0.25, 0.3) is 6.08 Å². The summed E-state index contributed by atoms with van der Waals surface area (Å²) >= 11 is 31.1.